The molecule has 0 atom stereocenters. The molecule has 2 aromatic rings. The molecule has 26 heavy (non-hydrogen) atoms. The second-order valence-electron chi connectivity index (χ2n) is 6.24. The average molecular weight is 380 g/mol. The van der Waals surface area contributed by atoms with Gasteiger partial charge >= 0.3 is 0 Å². The Morgan fingerprint density at radius 2 is 1.81 bits per heavy atom. The molecule has 0 unspecified atom stereocenters. The van der Waals surface area contributed by atoms with Crippen LogP contribution in [0.25, 0.3) is 0 Å². The van der Waals surface area contributed by atoms with Crippen LogP contribution in [0.15, 0.2) is 36.7 Å². The topological polar surface area (TPSA) is 75.6 Å². The maximum atomic E-state index is 13.9. The van der Waals surface area contributed by atoms with Crippen LogP contribution < -0.4 is 4.74 Å². The fraction of sp³-hybridized carbons (Fsp3) is 0.412. The lowest BCUT2D eigenvalue weighted by molar-refractivity contribution is 0.295. The van der Waals surface area contributed by atoms with Crippen LogP contribution in [-0.2, 0) is 10.2 Å². The zero-order valence-electron chi connectivity index (χ0n) is 14.7. The number of hydrogen-bond acceptors (Lipinski definition) is 5. The largest absolute Gasteiger partial charge is 0.434 e. The summed E-state index contributed by atoms with van der Waals surface area (Å²) in [7, 11) is -0.383. The first-order chi connectivity index (χ1) is 12.4. The second-order valence-corrected chi connectivity index (χ2v) is 8.39. The highest BCUT2D eigenvalue weighted by atomic mass is 32.2. The minimum Gasteiger partial charge on any atom is -0.434 e. The number of hydrogen-bond donors (Lipinski definition) is 0. The molecule has 0 bridgehead atoms. The first-order valence-electron chi connectivity index (χ1n) is 8.30. The summed E-state index contributed by atoms with van der Waals surface area (Å²) in [5.74, 6) is -0.136. The average Bonchev–Trinajstić information content (AvgIpc) is 2.64. The van der Waals surface area contributed by atoms with Crippen LogP contribution in [-0.4, -0.2) is 54.2 Å². The molecule has 1 aliphatic rings. The number of rotatable bonds is 5. The van der Waals surface area contributed by atoms with E-state index in [1.807, 2.05) is 0 Å². The number of nitrogens with zero attached hydrogens (tertiary/aromatic N) is 4. The molecule has 140 valence electrons. The standard InChI is InChI=1S/C17H21FN4O3S/c1-21(2)26(23,24)22-11-7-13(8-12-22)16-17(20-10-9-19-16)25-15-6-4-3-5-14(15)18/h3-6,9-10,13H,7-8,11-12H2,1-2H3. The van der Waals surface area contributed by atoms with Gasteiger partial charge in [0.25, 0.3) is 10.2 Å². The third-order valence-corrected chi connectivity index (χ3v) is 6.30. The minimum atomic E-state index is -3.42. The summed E-state index contributed by atoms with van der Waals surface area (Å²) >= 11 is 0. The lowest BCUT2D eigenvalue weighted by atomic mass is 9.94. The highest BCUT2D eigenvalue weighted by molar-refractivity contribution is 7.86. The van der Waals surface area contributed by atoms with E-state index in [1.165, 1.54) is 41.0 Å². The molecule has 0 N–H and O–H groups in total. The van der Waals surface area contributed by atoms with Gasteiger partial charge in [0.2, 0.25) is 5.88 Å². The smallest absolute Gasteiger partial charge is 0.281 e. The quantitative estimate of drug-likeness (QED) is 0.796. The molecule has 0 saturated carbocycles. The Balaban J connectivity index is 1.77. The van der Waals surface area contributed by atoms with Gasteiger partial charge in [-0.2, -0.15) is 17.0 Å². The third-order valence-electron chi connectivity index (χ3n) is 4.36. The number of aromatic nitrogens is 2. The molecule has 7 nitrogen and oxygen atoms in total. The van der Waals surface area contributed by atoms with Gasteiger partial charge in [-0.05, 0) is 25.0 Å². The van der Waals surface area contributed by atoms with E-state index >= 15 is 0 Å². The maximum absolute atomic E-state index is 13.9. The van der Waals surface area contributed by atoms with Gasteiger partial charge in [0.05, 0.1) is 0 Å². The van der Waals surface area contributed by atoms with Crippen molar-refractivity contribution >= 4 is 10.2 Å². The predicted octanol–water partition coefficient (Wildman–Crippen LogP) is 2.39. The normalized spacial score (nSPS) is 16.8. The molecule has 1 aliphatic heterocycles. The summed E-state index contributed by atoms with van der Waals surface area (Å²) in [6.45, 7) is 0.780. The zero-order chi connectivity index (χ0) is 18.7. The van der Waals surface area contributed by atoms with Crippen LogP contribution in [0.4, 0.5) is 4.39 Å². The maximum Gasteiger partial charge on any atom is 0.281 e. The van der Waals surface area contributed by atoms with Gasteiger partial charge in [-0.3, -0.25) is 4.98 Å². The van der Waals surface area contributed by atoms with E-state index in [0.717, 1.165) is 0 Å². The summed E-state index contributed by atoms with van der Waals surface area (Å²) in [5, 5.41) is 0. The summed E-state index contributed by atoms with van der Waals surface area (Å²) < 4.78 is 46.6. The van der Waals surface area contributed by atoms with E-state index < -0.39 is 16.0 Å². The van der Waals surface area contributed by atoms with E-state index in [4.69, 9.17) is 4.74 Å². The predicted molar refractivity (Wildman–Crippen MR) is 94.7 cm³/mol. The van der Waals surface area contributed by atoms with Crippen LogP contribution in [0, 0.1) is 5.82 Å². The number of piperidine rings is 1. The van der Waals surface area contributed by atoms with Gasteiger partial charge in [0, 0.05) is 45.5 Å². The summed E-state index contributed by atoms with van der Waals surface area (Å²) in [4.78, 5) is 8.56. The molecule has 1 fully saturated rings. The van der Waals surface area contributed by atoms with E-state index in [0.29, 0.717) is 31.6 Å². The van der Waals surface area contributed by atoms with Crippen molar-refractivity contribution in [2.45, 2.75) is 18.8 Å². The fourth-order valence-corrected chi connectivity index (χ4v) is 4.05. The summed E-state index contributed by atoms with van der Waals surface area (Å²) in [6.07, 6.45) is 4.25. The number of benzene rings is 1. The van der Waals surface area contributed by atoms with Gasteiger partial charge in [0.1, 0.15) is 5.69 Å². The molecule has 1 saturated heterocycles. The Bertz CT molecular complexity index is 868. The lowest BCUT2D eigenvalue weighted by Crippen LogP contribution is -2.44. The van der Waals surface area contributed by atoms with Gasteiger partial charge < -0.3 is 4.74 Å². The van der Waals surface area contributed by atoms with Crippen LogP contribution in [0.2, 0.25) is 0 Å². The second kappa shape index (κ2) is 7.65. The Morgan fingerprint density at radius 3 is 2.46 bits per heavy atom. The zero-order valence-corrected chi connectivity index (χ0v) is 15.5. The number of ether oxygens (including phenoxy) is 1. The van der Waals surface area contributed by atoms with Crippen molar-refractivity contribution in [2.24, 2.45) is 0 Å². The van der Waals surface area contributed by atoms with Gasteiger partial charge in [-0.25, -0.2) is 9.37 Å². The molecular formula is C17H21FN4O3S. The van der Waals surface area contributed by atoms with Crippen molar-refractivity contribution in [3.8, 4) is 11.6 Å². The highest BCUT2D eigenvalue weighted by Gasteiger charge is 2.32. The van der Waals surface area contributed by atoms with Crippen LogP contribution in [0.1, 0.15) is 24.5 Å². The van der Waals surface area contributed by atoms with E-state index in [9.17, 15) is 12.8 Å². The Morgan fingerprint density at radius 1 is 1.15 bits per heavy atom. The van der Waals surface area contributed by atoms with Crippen LogP contribution in [0.5, 0.6) is 11.6 Å². The Labute approximate surface area is 152 Å². The summed E-state index contributed by atoms with van der Waals surface area (Å²) in [6, 6.07) is 6.11. The lowest BCUT2D eigenvalue weighted by Gasteiger charge is -2.32. The molecule has 0 aliphatic carbocycles. The molecule has 1 aromatic carbocycles. The molecular weight excluding hydrogens is 359 g/mol. The molecule has 1 aromatic heterocycles. The fourth-order valence-electron chi connectivity index (χ4n) is 2.92. The monoisotopic (exact) mass is 380 g/mol. The first-order valence-corrected chi connectivity index (χ1v) is 9.70. The van der Waals surface area contributed by atoms with E-state index in [1.54, 1.807) is 18.3 Å². The molecule has 0 amide bonds. The van der Waals surface area contributed by atoms with Gasteiger partial charge in [0.15, 0.2) is 11.6 Å². The van der Waals surface area contributed by atoms with Gasteiger partial charge in [-0.1, -0.05) is 12.1 Å². The van der Waals surface area contributed by atoms with Crippen molar-refractivity contribution in [2.75, 3.05) is 27.2 Å². The molecule has 0 spiro atoms. The third kappa shape index (κ3) is 3.84. The highest BCUT2D eigenvalue weighted by Crippen LogP contribution is 2.34. The van der Waals surface area contributed by atoms with Crippen LogP contribution in [0.3, 0.4) is 0 Å². The van der Waals surface area contributed by atoms with Crippen LogP contribution >= 0.6 is 0 Å². The molecule has 3 rings (SSSR count). The molecule has 9 heteroatoms. The Kier molecular flexibility index (Phi) is 5.49. The summed E-state index contributed by atoms with van der Waals surface area (Å²) in [5.41, 5.74) is 0.623. The van der Waals surface area contributed by atoms with Crippen molar-refractivity contribution in [3.63, 3.8) is 0 Å². The van der Waals surface area contributed by atoms with Gasteiger partial charge in [-0.15, -0.1) is 0 Å². The number of para-hydroxylation sites is 1. The SMILES string of the molecule is CN(C)S(=O)(=O)N1CCC(c2nccnc2Oc2ccccc2F)CC1. The van der Waals surface area contributed by atoms with E-state index in [2.05, 4.69) is 9.97 Å². The van der Waals surface area contributed by atoms with Crippen molar-refractivity contribution < 1.29 is 17.5 Å². The number of halogens is 1. The van der Waals surface area contributed by atoms with Crippen molar-refractivity contribution in [3.05, 3.63) is 48.2 Å². The van der Waals surface area contributed by atoms with Crippen molar-refractivity contribution in [1.82, 2.24) is 18.6 Å². The van der Waals surface area contributed by atoms with Crippen molar-refractivity contribution in [1.29, 1.82) is 0 Å². The molecule has 0 radical (unpaired) electrons. The first kappa shape index (κ1) is 18.7. The van der Waals surface area contributed by atoms with E-state index in [-0.39, 0.29) is 17.5 Å². The minimum absolute atomic E-state index is 0.000847. The molecule has 2 heterocycles. The Hall–Kier alpha value is -2.10.